The molecule has 1 aromatic carbocycles. The summed E-state index contributed by atoms with van der Waals surface area (Å²) in [5.74, 6) is 1.62. The summed E-state index contributed by atoms with van der Waals surface area (Å²) in [7, 11) is 3.32. The Balaban J connectivity index is 2.70. The fraction of sp³-hybridized carbons (Fsp3) is 0.333. The van der Waals surface area contributed by atoms with Crippen LogP contribution in [0.2, 0.25) is 0 Å². The van der Waals surface area contributed by atoms with Crippen LogP contribution in [0.1, 0.15) is 5.56 Å². The minimum Gasteiger partial charge on any atom is -0.496 e. The Bertz CT molecular complexity index is 491. The van der Waals surface area contributed by atoms with E-state index in [0.717, 1.165) is 34.5 Å². The quantitative estimate of drug-likeness (QED) is 0.824. The van der Waals surface area contributed by atoms with Crippen molar-refractivity contribution in [3.8, 4) is 11.6 Å². The number of aromatic nitrogens is 1. The average molecular weight is 220 g/mol. The van der Waals surface area contributed by atoms with Crippen LogP contribution in [-0.4, -0.2) is 25.7 Å². The number of rotatable bonds is 4. The largest absolute Gasteiger partial charge is 0.496 e. The molecular weight excluding hydrogens is 204 g/mol. The smallest absolute Gasteiger partial charge is 0.195 e. The van der Waals surface area contributed by atoms with Crippen LogP contribution < -0.4 is 15.2 Å². The fourth-order valence-electron chi connectivity index (χ4n) is 1.99. The Morgan fingerprint density at radius 3 is 2.69 bits per heavy atom. The highest BCUT2D eigenvalue weighted by molar-refractivity contribution is 5.91. The number of hydrogen-bond acceptors (Lipinski definition) is 3. The minimum absolute atomic E-state index is 0.585. The summed E-state index contributed by atoms with van der Waals surface area (Å²) in [6, 6.07) is 5.89. The molecule has 1 aromatic heterocycles. The van der Waals surface area contributed by atoms with E-state index >= 15 is 0 Å². The Morgan fingerprint density at radius 2 is 2.06 bits per heavy atom. The zero-order valence-corrected chi connectivity index (χ0v) is 9.54. The molecule has 86 valence electrons. The molecule has 3 N–H and O–H groups in total. The lowest BCUT2D eigenvalue weighted by Gasteiger charge is -2.04. The van der Waals surface area contributed by atoms with E-state index in [4.69, 9.17) is 15.2 Å². The first-order chi connectivity index (χ1) is 7.81. The Labute approximate surface area is 94.3 Å². The van der Waals surface area contributed by atoms with Crippen molar-refractivity contribution in [1.82, 2.24) is 4.98 Å². The molecule has 4 nitrogen and oxygen atoms in total. The first-order valence-corrected chi connectivity index (χ1v) is 5.23. The summed E-state index contributed by atoms with van der Waals surface area (Å²) >= 11 is 0. The molecule has 0 aliphatic rings. The third kappa shape index (κ3) is 1.61. The molecule has 2 aromatic rings. The maximum absolute atomic E-state index is 5.62. The van der Waals surface area contributed by atoms with E-state index in [1.54, 1.807) is 14.2 Å². The first-order valence-electron chi connectivity index (χ1n) is 5.23. The number of nitrogens with two attached hydrogens (primary N) is 1. The third-order valence-electron chi connectivity index (χ3n) is 2.67. The topological polar surface area (TPSA) is 60.3 Å². The van der Waals surface area contributed by atoms with Crippen molar-refractivity contribution in [2.24, 2.45) is 5.73 Å². The number of H-pyrrole nitrogens is 1. The standard InChI is InChI=1S/C12H16N2O2/c1-15-10-5-3-4-9-11(10)8(6-7-13)12(14-9)16-2/h3-5,14H,6-7,13H2,1-2H3. The molecule has 0 saturated heterocycles. The van der Waals surface area contributed by atoms with E-state index in [0.29, 0.717) is 6.54 Å². The molecule has 0 amide bonds. The second-order valence-electron chi connectivity index (χ2n) is 3.56. The van der Waals surface area contributed by atoms with Crippen LogP contribution in [0.4, 0.5) is 0 Å². The predicted octanol–water partition coefficient (Wildman–Crippen LogP) is 1.69. The number of nitrogens with one attached hydrogen (secondary N) is 1. The van der Waals surface area contributed by atoms with Gasteiger partial charge in [0.05, 0.1) is 19.7 Å². The summed E-state index contributed by atoms with van der Waals surface area (Å²) < 4.78 is 10.7. The van der Waals surface area contributed by atoms with E-state index in [2.05, 4.69) is 4.98 Å². The monoisotopic (exact) mass is 220 g/mol. The van der Waals surface area contributed by atoms with E-state index in [1.165, 1.54) is 0 Å². The van der Waals surface area contributed by atoms with E-state index in [1.807, 2.05) is 18.2 Å². The van der Waals surface area contributed by atoms with Gasteiger partial charge in [-0.1, -0.05) is 6.07 Å². The van der Waals surface area contributed by atoms with Gasteiger partial charge in [0.15, 0.2) is 5.88 Å². The molecule has 2 rings (SSSR count). The molecule has 1 heterocycles. The lowest BCUT2D eigenvalue weighted by Crippen LogP contribution is -2.03. The Hall–Kier alpha value is -1.68. The summed E-state index contributed by atoms with van der Waals surface area (Å²) in [5, 5.41) is 1.06. The van der Waals surface area contributed by atoms with Crippen LogP contribution in [0.3, 0.4) is 0 Å². The van der Waals surface area contributed by atoms with Gasteiger partial charge in [0, 0.05) is 10.9 Å². The van der Waals surface area contributed by atoms with E-state index < -0.39 is 0 Å². The van der Waals surface area contributed by atoms with Gasteiger partial charge >= 0.3 is 0 Å². The second kappa shape index (κ2) is 4.45. The van der Waals surface area contributed by atoms with Crippen LogP contribution in [0, 0.1) is 0 Å². The van der Waals surface area contributed by atoms with Crippen LogP contribution in [0.5, 0.6) is 11.6 Å². The van der Waals surface area contributed by atoms with Gasteiger partial charge in [-0.15, -0.1) is 0 Å². The number of methoxy groups -OCH3 is 2. The van der Waals surface area contributed by atoms with Crippen LogP contribution in [0.25, 0.3) is 10.9 Å². The van der Waals surface area contributed by atoms with Crippen LogP contribution in [0.15, 0.2) is 18.2 Å². The predicted molar refractivity (Wildman–Crippen MR) is 64.2 cm³/mol. The zero-order chi connectivity index (χ0) is 11.5. The molecule has 0 spiro atoms. The van der Waals surface area contributed by atoms with Gasteiger partial charge < -0.3 is 20.2 Å². The molecule has 0 bridgehead atoms. The molecule has 0 unspecified atom stereocenters. The number of hydrogen-bond donors (Lipinski definition) is 2. The maximum atomic E-state index is 5.62. The molecular formula is C12H16N2O2. The van der Waals surface area contributed by atoms with Gasteiger partial charge in [0.2, 0.25) is 0 Å². The van der Waals surface area contributed by atoms with Gasteiger partial charge in [-0.25, -0.2) is 0 Å². The molecule has 0 radical (unpaired) electrons. The van der Waals surface area contributed by atoms with Gasteiger partial charge in [-0.2, -0.15) is 0 Å². The molecule has 0 aliphatic carbocycles. The average Bonchev–Trinajstić information content (AvgIpc) is 2.68. The lowest BCUT2D eigenvalue weighted by molar-refractivity contribution is 0.396. The second-order valence-corrected chi connectivity index (χ2v) is 3.56. The maximum Gasteiger partial charge on any atom is 0.195 e. The Morgan fingerprint density at radius 1 is 1.25 bits per heavy atom. The minimum atomic E-state index is 0.585. The highest BCUT2D eigenvalue weighted by Crippen LogP contribution is 2.34. The lowest BCUT2D eigenvalue weighted by atomic mass is 10.1. The van der Waals surface area contributed by atoms with Crippen molar-refractivity contribution in [3.05, 3.63) is 23.8 Å². The molecule has 4 heteroatoms. The first kappa shape index (κ1) is 10.8. The van der Waals surface area contributed by atoms with Crippen molar-refractivity contribution in [1.29, 1.82) is 0 Å². The third-order valence-corrected chi connectivity index (χ3v) is 2.67. The Kier molecular flexibility index (Phi) is 3.01. The molecule has 0 saturated carbocycles. The van der Waals surface area contributed by atoms with Gasteiger partial charge in [0.25, 0.3) is 0 Å². The summed E-state index contributed by atoms with van der Waals surface area (Å²) in [6.45, 7) is 0.585. The van der Waals surface area contributed by atoms with E-state index in [9.17, 15) is 0 Å². The number of aromatic amines is 1. The van der Waals surface area contributed by atoms with Crippen molar-refractivity contribution in [2.45, 2.75) is 6.42 Å². The van der Waals surface area contributed by atoms with Crippen molar-refractivity contribution >= 4 is 10.9 Å². The number of ether oxygens (including phenoxy) is 2. The van der Waals surface area contributed by atoms with Crippen LogP contribution >= 0.6 is 0 Å². The number of benzene rings is 1. The van der Waals surface area contributed by atoms with Gasteiger partial charge in [0.1, 0.15) is 5.75 Å². The van der Waals surface area contributed by atoms with E-state index in [-0.39, 0.29) is 0 Å². The van der Waals surface area contributed by atoms with Gasteiger partial charge in [-0.3, -0.25) is 0 Å². The van der Waals surface area contributed by atoms with Crippen molar-refractivity contribution < 1.29 is 9.47 Å². The normalized spacial score (nSPS) is 10.7. The fourth-order valence-corrected chi connectivity index (χ4v) is 1.99. The zero-order valence-electron chi connectivity index (χ0n) is 9.54. The SMILES string of the molecule is COc1[nH]c2cccc(OC)c2c1CCN. The van der Waals surface area contributed by atoms with Crippen molar-refractivity contribution in [3.63, 3.8) is 0 Å². The van der Waals surface area contributed by atoms with Gasteiger partial charge in [-0.05, 0) is 25.1 Å². The highest BCUT2D eigenvalue weighted by Gasteiger charge is 2.14. The molecule has 0 atom stereocenters. The molecule has 16 heavy (non-hydrogen) atoms. The summed E-state index contributed by atoms with van der Waals surface area (Å²) in [5.41, 5.74) is 7.71. The molecule has 0 aliphatic heterocycles. The number of fused-ring (bicyclic) bond motifs is 1. The highest BCUT2D eigenvalue weighted by atomic mass is 16.5. The summed E-state index contributed by atoms with van der Waals surface area (Å²) in [4.78, 5) is 3.22. The van der Waals surface area contributed by atoms with Crippen molar-refractivity contribution in [2.75, 3.05) is 20.8 Å². The van der Waals surface area contributed by atoms with Crippen LogP contribution in [-0.2, 0) is 6.42 Å². The summed E-state index contributed by atoms with van der Waals surface area (Å²) in [6.07, 6.45) is 0.767. The molecule has 0 fully saturated rings.